The molecule has 0 aliphatic rings. The molecule has 0 aromatic heterocycles. The van der Waals surface area contributed by atoms with Crippen LogP contribution in [0.15, 0.2) is 0 Å². The molecule has 0 bridgehead atoms. The first kappa shape index (κ1) is 60.4. The summed E-state index contributed by atoms with van der Waals surface area (Å²) in [5.41, 5.74) is 0. The molecule has 0 unspecified atom stereocenters. The van der Waals surface area contributed by atoms with E-state index in [-0.39, 0.29) is 20.3 Å². The van der Waals surface area contributed by atoms with Gasteiger partial charge in [-0.3, -0.25) is 0 Å². The van der Waals surface area contributed by atoms with Crippen LogP contribution in [0.5, 0.6) is 0 Å². The smallest absolute Gasteiger partial charge is 0.442 e. The summed E-state index contributed by atoms with van der Waals surface area (Å²) in [5, 5.41) is 0. The van der Waals surface area contributed by atoms with Crippen molar-refractivity contribution in [2.24, 2.45) is 0 Å². The minimum atomic E-state index is -4.61. The maximum atomic E-state index is 9.01. The first-order valence-corrected chi connectivity index (χ1v) is 34.7. The maximum Gasteiger partial charge on any atom is 0.668 e. The van der Waals surface area contributed by atoms with E-state index in [9.17, 15) is 0 Å². The molecule has 0 saturated heterocycles. The molecule has 0 radical (unpaired) electrons. The quantitative estimate of drug-likeness (QED) is 0.114. The van der Waals surface area contributed by atoms with Crippen molar-refractivity contribution in [2.45, 2.75) is 7.43 Å². The lowest BCUT2D eigenvalue weighted by Crippen LogP contribution is -2.44. The highest BCUT2D eigenvalue weighted by Gasteiger charge is 2.34. The first-order chi connectivity index (χ1) is 14.1. The van der Waals surface area contributed by atoms with Crippen molar-refractivity contribution < 1.29 is 73.3 Å². The molecule has 16 nitrogen and oxygen atoms in total. The fourth-order valence-corrected chi connectivity index (χ4v) is 13.5. The SMILES string of the molecule is C.O.O[SiH3].O[SiH3].O[SiH3].O[Si](O)(O)O.O[Si](O[SiH3])(O[SiH3])O[SiH3].O[Si](O[SiH3])(O[SiH3])O[SiH3].[SiH3][SiH]([SiH3])[SiH3]. The molecule has 0 saturated carbocycles. The molecule has 0 amide bonds. The summed E-state index contributed by atoms with van der Waals surface area (Å²) in [6.45, 7) is 0. The van der Waals surface area contributed by atoms with E-state index in [1.165, 1.54) is 0 Å². The zero-order valence-corrected chi connectivity index (χ0v) is 49.2. The largest absolute Gasteiger partial charge is 0.668 e. The van der Waals surface area contributed by atoms with E-state index in [4.69, 9.17) is 67.9 Å². The van der Waals surface area contributed by atoms with E-state index < -0.39 is 27.1 Å². The molecule has 0 atom stereocenters. The van der Waals surface area contributed by atoms with Gasteiger partial charge in [0.2, 0.25) is 0 Å². The molecule has 32 heteroatoms. The lowest BCUT2D eigenvalue weighted by molar-refractivity contribution is 0.117. The summed E-state index contributed by atoms with van der Waals surface area (Å²) >= 11 is 0. The Hall–Kier alpha value is 2.83. The molecular weight excluding hydrogens is 717 g/mol. The third-order valence-electron chi connectivity index (χ3n) is 1.55. The lowest BCUT2D eigenvalue weighted by Gasteiger charge is -2.17. The summed E-state index contributed by atoms with van der Waals surface area (Å²) in [6, 6.07) is 0. The van der Waals surface area contributed by atoms with Gasteiger partial charge in [-0.15, -0.1) is 0 Å². The Kier molecular flexibility index (Phi) is 82.0. The number of hydrogen-bond donors (Lipinski definition) is 9. The Morgan fingerprint density at radius 3 is 0.515 bits per heavy atom. The highest BCUT2D eigenvalue weighted by molar-refractivity contribution is 7.49. The normalized spacial score (nSPS) is 14.1. The van der Waals surface area contributed by atoms with Crippen molar-refractivity contribution in [3.8, 4) is 0 Å². The van der Waals surface area contributed by atoms with Crippen LogP contribution in [0.1, 0.15) is 7.43 Å². The van der Waals surface area contributed by atoms with Gasteiger partial charge in [-0.2, -0.15) is 0 Å². The highest BCUT2D eigenvalue weighted by Crippen LogP contribution is 1.96. The van der Waals surface area contributed by atoms with Gasteiger partial charge in [-0.1, -0.05) is 7.43 Å². The second-order valence-electron chi connectivity index (χ2n) is 4.60. The van der Waals surface area contributed by atoms with Crippen molar-refractivity contribution in [1.29, 1.82) is 0 Å². The molecule has 0 fully saturated rings. The number of hydrogen-bond acceptors (Lipinski definition) is 15. The zero-order chi connectivity index (χ0) is 27.3. The molecule has 0 spiro atoms. The van der Waals surface area contributed by atoms with Crippen LogP contribution in [-0.4, -0.2) is 207 Å². The van der Waals surface area contributed by atoms with Gasteiger partial charge in [0.25, 0.3) is 0 Å². The number of rotatable bonds is 6. The van der Waals surface area contributed by atoms with Gasteiger partial charge >= 0.3 is 27.1 Å². The highest BCUT2D eigenvalue weighted by atomic mass is 29.8. The average molecular weight is 770 g/mol. The maximum absolute atomic E-state index is 9.01. The molecule has 216 valence electrons. The Bertz CT molecular complexity index is 228. The third-order valence-corrected chi connectivity index (χ3v) is 13.9. The molecule has 0 aliphatic heterocycles. The van der Waals surface area contributed by atoms with E-state index in [0.717, 1.165) is 0 Å². The van der Waals surface area contributed by atoms with Gasteiger partial charge in [0.1, 0.15) is 94.4 Å². The fraction of sp³-hybridized carbons (Fsp3) is 1.00. The molecular formula is CH52O16Si16. The van der Waals surface area contributed by atoms with Crippen LogP contribution in [-0.2, 0) is 24.7 Å². The third kappa shape index (κ3) is 86.5. The van der Waals surface area contributed by atoms with Gasteiger partial charge in [0.05, 0.1) is 0 Å². The Morgan fingerprint density at radius 2 is 0.515 bits per heavy atom. The molecule has 0 aliphatic carbocycles. The summed E-state index contributed by atoms with van der Waals surface area (Å²) in [6.07, 6.45) is 0. The predicted octanol–water partition coefficient (Wildman–Crippen LogP) is -21.6. The predicted molar refractivity (Wildman–Crippen MR) is 181 cm³/mol. The van der Waals surface area contributed by atoms with E-state index >= 15 is 0 Å². The molecule has 0 aromatic rings. The average Bonchev–Trinajstić information content (AvgIpc) is 2.75. The van der Waals surface area contributed by atoms with E-state index in [0.29, 0.717) is 94.4 Å². The van der Waals surface area contributed by atoms with Crippen molar-refractivity contribution in [3.05, 3.63) is 0 Å². The standard InChI is InChI=1S/CH4.2H10O4Si4.H4O4Si.3H4OSi.H2O.H10Si4/c;2*1-8(2-5,3-6)4-7;1-5(2,3)4;3*1-2;;1-4(2)3/h1H4;2*1H,5-7H3;1-4H;3*1H,2H3;1H2;4H,1-3H3. The zero-order valence-electron chi connectivity index (χ0n) is 21.1. The van der Waals surface area contributed by atoms with Crippen LogP contribution < -0.4 is 0 Å². The van der Waals surface area contributed by atoms with Gasteiger partial charge in [-0.25, -0.2) is 0 Å². The molecule has 0 rings (SSSR count). The van der Waals surface area contributed by atoms with E-state index in [2.05, 4.69) is 0 Å². The Balaban J connectivity index is -0.0000000310. The van der Waals surface area contributed by atoms with E-state index in [1.54, 1.807) is 29.3 Å². The van der Waals surface area contributed by atoms with Crippen molar-refractivity contribution in [2.75, 3.05) is 0 Å². The fourth-order valence-electron chi connectivity index (χ4n) is 0.500. The van der Waals surface area contributed by atoms with Crippen LogP contribution in [0.4, 0.5) is 0 Å². The minimum Gasteiger partial charge on any atom is -0.442 e. The van der Waals surface area contributed by atoms with Gasteiger partial charge in [0, 0.05) is 0 Å². The lowest BCUT2D eigenvalue weighted by atomic mass is 12.0. The minimum absolute atomic E-state index is 0. The summed E-state index contributed by atoms with van der Waals surface area (Å²) in [5.74, 6) is 0. The molecule has 11 N–H and O–H groups in total. The van der Waals surface area contributed by atoms with Gasteiger partial charge < -0.3 is 73.3 Å². The molecule has 0 heterocycles. The Morgan fingerprint density at radius 1 is 0.455 bits per heavy atom. The van der Waals surface area contributed by atoms with Crippen LogP contribution >= 0.6 is 0 Å². The summed E-state index contributed by atoms with van der Waals surface area (Å²) in [4.78, 5) is 68.7. The van der Waals surface area contributed by atoms with Crippen LogP contribution in [0.3, 0.4) is 0 Å². The second-order valence-corrected chi connectivity index (χ2v) is 62.7. The molecule has 0 aromatic carbocycles. The van der Waals surface area contributed by atoms with Crippen molar-refractivity contribution in [3.63, 3.8) is 0 Å². The monoisotopic (exact) mass is 768 g/mol. The first-order valence-electron chi connectivity index (χ1n) is 8.09. The summed E-state index contributed by atoms with van der Waals surface area (Å²) in [7, 11) is -1.72. The van der Waals surface area contributed by atoms with Crippen molar-refractivity contribution in [1.82, 2.24) is 0 Å². The van der Waals surface area contributed by atoms with E-state index in [1.807, 2.05) is 0 Å². The topological polar surface area (TPSA) is 269 Å². The van der Waals surface area contributed by atoms with Crippen LogP contribution in [0.2, 0.25) is 0 Å². The van der Waals surface area contributed by atoms with Crippen LogP contribution in [0.25, 0.3) is 0 Å². The molecule has 33 heavy (non-hydrogen) atoms. The van der Waals surface area contributed by atoms with Crippen molar-refractivity contribution >= 4 is 158 Å². The van der Waals surface area contributed by atoms with Gasteiger partial charge in [0.15, 0.2) is 0 Å². The summed E-state index contributed by atoms with van der Waals surface area (Å²) < 4.78 is 28.2. The second kappa shape index (κ2) is 44.8. The van der Waals surface area contributed by atoms with Crippen LogP contribution in [0, 0.1) is 0 Å². The Labute approximate surface area is 237 Å². The van der Waals surface area contributed by atoms with Gasteiger partial charge in [-0.05, 0) is 36.6 Å².